The summed E-state index contributed by atoms with van der Waals surface area (Å²) in [5.74, 6) is -5.28. The Morgan fingerprint density at radius 2 is 1.63 bits per heavy atom. The van der Waals surface area contributed by atoms with E-state index in [-0.39, 0.29) is 110 Å². The third kappa shape index (κ3) is 12.8. The minimum atomic E-state index is -5.14. The molecule has 0 bridgehead atoms. The van der Waals surface area contributed by atoms with Gasteiger partial charge in [-0.05, 0) is 136 Å². The number of hydrogen-bond donors (Lipinski definition) is 8. The summed E-state index contributed by atoms with van der Waals surface area (Å²) in [6.07, 6.45) is 4.76. The Morgan fingerprint density at radius 3 is 2.33 bits per heavy atom. The largest absolute Gasteiger partial charge is 0.396 e. The third-order valence-corrected chi connectivity index (χ3v) is 17.5. The smallest absolute Gasteiger partial charge is 0.370 e. The minimum absolute atomic E-state index is 0.0624. The second-order valence-corrected chi connectivity index (χ2v) is 24.0. The number of aryl methyl sites for hydroxylation is 2. The Labute approximate surface area is 470 Å². The van der Waals surface area contributed by atoms with E-state index in [0.717, 1.165) is 30.4 Å². The fourth-order valence-corrected chi connectivity index (χ4v) is 12.5. The number of aromatic amines is 1. The number of hydrogen-bond acceptors (Lipinski definition) is 11. The van der Waals surface area contributed by atoms with E-state index in [4.69, 9.17) is 5.73 Å². The van der Waals surface area contributed by atoms with Crippen LogP contribution in [0.25, 0.3) is 21.9 Å². The van der Waals surface area contributed by atoms with Gasteiger partial charge in [-0.15, -0.1) is 0 Å². The van der Waals surface area contributed by atoms with Gasteiger partial charge in [0.2, 0.25) is 41.4 Å². The summed E-state index contributed by atoms with van der Waals surface area (Å²) < 4.78 is 29.8. The number of imidazole rings is 1. The molecule has 23 nitrogen and oxygen atoms in total. The highest BCUT2D eigenvalue weighted by atomic mass is 31.2. The molecule has 2 aromatic heterocycles. The van der Waals surface area contributed by atoms with Crippen molar-refractivity contribution in [3.8, 4) is 0 Å². The molecule has 5 atom stereocenters. The number of H-pyrrole nitrogens is 1. The van der Waals surface area contributed by atoms with Crippen LogP contribution in [0.1, 0.15) is 140 Å². The van der Waals surface area contributed by atoms with E-state index in [0.29, 0.717) is 42.2 Å². The number of primary amides is 1. The molecule has 1 saturated carbocycles. The number of imide groups is 1. The lowest BCUT2D eigenvalue weighted by atomic mass is 9.79. The van der Waals surface area contributed by atoms with Crippen molar-refractivity contribution in [2.24, 2.45) is 24.6 Å². The van der Waals surface area contributed by atoms with E-state index in [9.17, 15) is 57.5 Å². The number of carbonyl (C=O) groups excluding carboxylic acids is 9. The minimum Gasteiger partial charge on any atom is -0.370 e. The van der Waals surface area contributed by atoms with Crippen molar-refractivity contribution in [2.75, 3.05) is 13.1 Å². The van der Waals surface area contributed by atoms with Gasteiger partial charge in [0.15, 0.2) is 0 Å². The average Bonchev–Trinajstić information content (AvgIpc) is 4.32. The number of piperidine rings is 1. The Bertz CT molecular complexity index is 3500. The summed E-state index contributed by atoms with van der Waals surface area (Å²) in [7, 11) is -3.49. The monoisotopic (exact) mass is 1150 g/mol. The zero-order valence-corrected chi connectivity index (χ0v) is 46.7. The normalized spacial score (nSPS) is 21.9. The molecular weight excluding hydrogens is 1080 g/mol. The lowest BCUT2D eigenvalue weighted by Crippen LogP contribution is -2.62. The first kappa shape index (κ1) is 58.8. The van der Waals surface area contributed by atoms with Crippen LogP contribution in [0.5, 0.6) is 0 Å². The van der Waals surface area contributed by atoms with Gasteiger partial charge in [0.25, 0.3) is 11.4 Å². The number of rotatable bonds is 18. The second-order valence-electron chi connectivity index (χ2n) is 22.5. The Balaban J connectivity index is 0.894. The van der Waals surface area contributed by atoms with Crippen LogP contribution >= 0.6 is 7.60 Å². The Morgan fingerprint density at radius 1 is 0.878 bits per heavy atom. The molecule has 3 aromatic carbocycles. The van der Waals surface area contributed by atoms with Crippen LogP contribution < -0.4 is 32.7 Å². The van der Waals surface area contributed by atoms with Gasteiger partial charge >= 0.3 is 13.3 Å². The molecule has 25 heteroatoms. The maximum absolute atomic E-state index is 15.1. The molecule has 5 aromatic rings. The molecular formula is C57H68FN10O13P. The summed E-state index contributed by atoms with van der Waals surface area (Å²) in [4.78, 5) is 159. The fourth-order valence-electron chi connectivity index (χ4n) is 12.0. The molecule has 5 heterocycles. The van der Waals surface area contributed by atoms with Crippen molar-refractivity contribution in [3.63, 3.8) is 0 Å². The molecule has 4 aliphatic rings. The van der Waals surface area contributed by atoms with Crippen LogP contribution in [0.4, 0.5) is 4.39 Å². The van der Waals surface area contributed by atoms with Crippen LogP contribution in [-0.4, -0.2) is 124 Å². The molecule has 4 fully saturated rings. The van der Waals surface area contributed by atoms with Gasteiger partial charge in [-0.2, -0.15) is 0 Å². The molecule has 3 aliphatic heterocycles. The quantitative estimate of drug-likeness (QED) is 0.0460. The first-order valence-electron chi connectivity index (χ1n) is 27.8. The van der Waals surface area contributed by atoms with Crippen molar-refractivity contribution in [3.05, 3.63) is 105 Å². The lowest BCUT2D eigenvalue weighted by Gasteiger charge is -2.40. The molecule has 436 valence electrons. The van der Waals surface area contributed by atoms with E-state index in [1.165, 1.54) is 44.4 Å². The number of nitrogens with zero attached hydrogens (tertiary/aromatic N) is 4. The van der Waals surface area contributed by atoms with E-state index in [2.05, 4.69) is 26.3 Å². The van der Waals surface area contributed by atoms with Crippen LogP contribution in [0.15, 0.2) is 65.5 Å². The highest BCUT2D eigenvalue weighted by Crippen LogP contribution is 2.40. The van der Waals surface area contributed by atoms with Crippen LogP contribution in [-0.2, 0) is 58.1 Å². The topological polar surface area (TPSA) is 335 Å². The molecule has 9 rings (SSSR count). The number of nitrogens with two attached hydrogens (primary N) is 1. The summed E-state index contributed by atoms with van der Waals surface area (Å²) in [6.45, 7) is 3.51. The van der Waals surface area contributed by atoms with Gasteiger partial charge in [-0.1, -0.05) is 32.0 Å². The van der Waals surface area contributed by atoms with Gasteiger partial charge in [0, 0.05) is 73.5 Å². The number of amides is 8. The van der Waals surface area contributed by atoms with Crippen molar-refractivity contribution >= 4 is 82.3 Å². The van der Waals surface area contributed by atoms with Crippen molar-refractivity contribution in [2.45, 2.75) is 140 Å². The lowest BCUT2D eigenvalue weighted by molar-refractivity contribution is -0.147. The van der Waals surface area contributed by atoms with Crippen LogP contribution in [0, 0.1) is 17.7 Å². The fraction of sp³-hybridized carbons (Fsp3) is 0.474. The summed E-state index contributed by atoms with van der Waals surface area (Å²) >= 11 is 0. The number of aromatic nitrogens is 3. The first-order chi connectivity index (χ1) is 38.9. The zero-order valence-electron chi connectivity index (χ0n) is 45.8. The highest BCUT2D eigenvalue weighted by Gasteiger charge is 2.47. The predicted octanol–water partition coefficient (Wildman–Crippen LogP) is 3.58. The maximum atomic E-state index is 15.1. The molecule has 9 N–H and O–H groups in total. The van der Waals surface area contributed by atoms with Crippen molar-refractivity contribution < 1.29 is 61.9 Å². The summed E-state index contributed by atoms with van der Waals surface area (Å²) in [5, 5.41) is 10.7. The molecule has 0 radical (unpaired) electrons. The predicted molar refractivity (Wildman–Crippen MR) is 296 cm³/mol. The van der Waals surface area contributed by atoms with Gasteiger partial charge in [0.05, 0.1) is 11.0 Å². The second kappa shape index (κ2) is 24.3. The summed E-state index contributed by atoms with van der Waals surface area (Å²) in [6, 6.07) is 10.3. The van der Waals surface area contributed by atoms with Crippen molar-refractivity contribution in [1.82, 2.24) is 45.2 Å². The average molecular weight is 1150 g/mol. The van der Waals surface area contributed by atoms with Crippen LogP contribution in [0.3, 0.4) is 0 Å². The number of benzene rings is 3. The molecule has 0 spiro atoms. The van der Waals surface area contributed by atoms with Gasteiger partial charge in [-0.25, -0.2) is 9.18 Å². The number of carbonyl (C=O) groups is 9. The number of halogens is 1. The van der Waals surface area contributed by atoms with Crippen LogP contribution in [0.2, 0.25) is 0 Å². The SMILES string of the molecule is CC(C)c1ccc(CNC(=O)[C@H](CCC(N)=O)NC(=O)[C@@H]2CC[C@@H]3CCN(C(=O)[C@H]4CC[C@@H](CCc5ccc6c(c5)n(C)c(=O)n6C5CCC(=O)NC5=O)CC4)C[C@H](NC(=O)c4cc5cc(C(=O)P(=O)(O)O)ccc5[nH]4)C(=O)N32)c(F)c1. The molecule has 1 aliphatic carbocycles. The first-order valence-corrected chi connectivity index (χ1v) is 29.4. The number of fused-ring (bicyclic) bond motifs is 3. The summed E-state index contributed by atoms with van der Waals surface area (Å²) in [5.41, 5.74) is 6.88. The standard InChI is InChI=1S/C57H68FN10O13P/c1-30(2)34-11-12-36(39(58)26-34)28-60-50(71)41(16-20-48(59)69)62-52(73)45-18-14-38-22-23-66(29-43(55(76)67(38)45)63-51(72)42-27-37-25-35(13-15-40(37)61-42)56(77)82(79,80)81)54(75)33-9-6-31(7-10-33)4-5-32-8-17-44-47(24-32)65(3)57(78)68(44)46-19-21-49(70)64-53(46)74/h8,11-13,15,17,24-27,30-31,33,38,41,43,45-46,61H,4-7,9-10,14,16,18-23,28-29H2,1-3H3,(H2,59,69)(H,60,71)(H,62,73)(H,63,72)(H,64,70,74)(H2,79,80,81)/t31-,33+,38-,41+,43+,45+,46?/m1/s1. The van der Waals surface area contributed by atoms with E-state index >= 15 is 9.18 Å². The molecule has 3 saturated heterocycles. The van der Waals surface area contributed by atoms with E-state index in [1.54, 1.807) is 24.1 Å². The molecule has 8 amide bonds. The van der Waals surface area contributed by atoms with Crippen molar-refractivity contribution in [1.29, 1.82) is 0 Å². The number of nitrogens with one attached hydrogen (secondary N) is 5. The van der Waals surface area contributed by atoms with Gasteiger partial charge in [-0.3, -0.25) is 62.2 Å². The van der Waals surface area contributed by atoms with Gasteiger partial charge < -0.3 is 46.3 Å². The third-order valence-electron chi connectivity index (χ3n) is 16.7. The zero-order chi connectivity index (χ0) is 58.9. The maximum Gasteiger partial charge on any atom is 0.396 e. The molecule has 1 unspecified atom stereocenters. The van der Waals surface area contributed by atoms with Gasteiger partial charge in [0.1, 0.15) is 35.7 Å². The Hall–Kier alpha value is -7.82. The van der Waals surface area contributed by atoms with E-state index in [1.807, 2.05) is 32.0 Å². The Kier molecular flexibility index (Phi) is 17.5. The molecule has 82 heavy (non-hydrogen) atoms. The highest BCUT2D eigenvalue weighted by molar-refractivity contribution is 7.70. The van der Waals surface area contributed by atoms with E-state index < -0.39 is 90.5 Å².